The van der Waals surface area contributed by atoms with E-state index in [1.54, 1.807) is 13.2 Å². The van der Waals surface area contributed by atoms with E-state index in [2.05, 4.69) is 10.4 Å². The predicted octanol–water partition coefficient (Wildman–Crippen LogP) is 2.59. The van der Waals surface area contributed by atoms with Crippen LogP contribution in [-0.4, -0.2) is 9.78 Å². The topological polar surface area (TPSA) is 29.9 Å². The van der Waals surface area contributed by atoms with E-state index in [-0.39, 0.29) is 12.6 Å². The first-order chi connectivity index (χ1) is 8.49. The second-order valence-corrected chi connectivity index (χ2v) is 3.72. The Hall–Kier alpha value is -2.05. The molecule has 96 valence electrons. The molecular formula is C11H9F4N3. The number of aromatic nitrogens is 2. The average Bonchev–Trinajstić information content (AvgIpc) is 2.73. The Morgan fingerprint density at radius 1 is 1.17 bits per heavy atom. The lowest BCUT2D eigenvalue weighted by Crippen LogP contribution is -2.06. The number of hydrogen-bond acceptors (Lipinski definition) is 2. The summed E-state index contributed by atoms with van der Waals surface area (Å²) in [6, 6.07) is 0.167. The Morgan fingerprint density at radius 3 is 2.28 bits per heavy atom. The van der Waals surface area contributed by atoms with Gasteiger partial charge in [-0.25, -0.2) is 17.6 Å². The first kappa shape index (κ1) is 12.4. The summed E-state index contributed by atoms with van der Waals surface area (Å²) < 4.78 is 53.9. The Kier molecular flexibility index (Phi) is 3.22. The molecule has 0 spiro atoms. The van der Waals surface area contributed by atoms with Gasteiger partial charge in [-0.15, -0.1) is 0 Å². The van der Waals surface area contributed by atoms with Crippen LogP contribution in [0.4, 0.5) is 23.2 Å². The van der Waals surface area contributed by atoms with E-state index in [1.165, 1.54) is 10.9 Å². The molecule has 0 fully saturated rings. The van der Waals surface area contributed by atoms with Crippen LogP contribution < -0.4 is 5.32 Å². The number of hydrogen-bond donors (Lipinski definition) is 1. The molecule has 1 aromatic heterocycles. The van der Waals surface area contributed by atoms with Crippen LogP contribution in [0.3, 0.4) is 0 Å². The van der Waals surface area contributed by atoms with Crippen LogP contribution in [0.25, 0.3) is 0 Å². The Balaban J connectivity index is 2.24. The molecule has 2 aromatic rings. The minimum absolute atomic E-state index is 0.00454. The zero-order chi connectivity index (χ0) is 13.3. The van der Waals surface area contributed by atoms with Gasteiger partial charge in [0.15, 0.2) is 23.3 Å². The van der Waals surface area contributed by atoms with Crippen molar-refractivity contribution in [1.29, 1.82) is 0 Å². The second-order valence-electron chi connectivity index (χ2n) is 3.72. The highest BCUT2D eigenvalue weighted by atomic mass is 19.2. The Labute approximate surface area is 100 Å². The lowest BCUT2D eigenvalue weighted by atomic mass is 10.2. The number of benzene rings is 1. The SMILES string of the molecule is Cn1cc(CNc2c(F)c(F)cc(F)c2F)cn1. The van der Waals surface area contributed by atoms with Crippen LogP contribution in [0.15, 0.2) is 18.5 Å². The van der Waals surface area contributed by atoms with Gasteiger partial charge < -0.3 is 5.32 Å². The van der Waals surface area contributed by atoms with Crippen LogP contribution in [-0.2, 0) is 13.6 Å². The van der Waals surface area contributed by atoms with Gasteiger partial charge >= 0.3 is 0 Å². The summed E-state index contributed by atoms with van der Waals surface area (Å²) in [5.74, 6) is -5.78. The van der Waals surface area contributed by atoms with E-state index in [0.29, 0.717) is 5.56 Å². The van der Waals surface area contributed by atoms with Crippen LogP contribution in [0, 0.1) is 23.3 Å². The molecule has 0 saturated heterocycles. The van der Waals surface area contributed by atoms with Gasteiger partial charge in [-0.3, -0.25) is 4.68 Å². The summed E-state index contributed by atoms with van der Waals surface area (Å²) in [5.41, 5.74) is -0.197. The van der Waals surface area contributed by atoms with E-state index in [9.17, 15) is 17.6 Å². The maximum Gasteiger partial charge on any atom is 0.185 e. The van der Waals surface area contributed by atoms with Gasteiger partial charge in [-0.05, 0) is 0 Å². The molecule has 0 radical (unpaired) electrons. The van der Waals surface area contributed by atoms with Crippen molar-refractivity contribution in [2.45, 2.75) is 6.54 Å². The fourth-order valence-electron chi connectivity index (χ4n) is 1.48. The molecule has 0 aliphatic heterocycles. The minimum atomic E-state index is -1.45. The van der Waals surface area contributed by atoms with Crippen molar-refractivity contribution in [1.82, 2.24) is 9.78 Å². The molecule has 2 rings (SSSR count). The van der Waals surface area contributed by atoms with Gasteiger partial charge in [0, 0.05) is 31.4 Å². The molecule has 0 aliphatic rings. The van der Waals surface area contributed by atoms with Gasteiger partial charge in [-0.2, -0.15) is 5.10 Å². The highest BCUT2D eigenvalue weighted by Gasteiger charge is 2.18. The molecule has 1 aromatic carbocycles. The number of nitrogens with one attached hydrogen (secondary N) is 1. The molecule has 0 aliphatic carbocycles. The van der Waals surface area contributed by atoms with Crippen molar-refractivity contribution in [3.63, 3.8) is 0 Å². The van der Waals surface area contributed by atoms with Crippen molar-refractivity contribution >= 4 is 5.69 Å². The van der Waals surface area contributed by atoms with Crippen LogP contribution in [0.2, 0.25) is 0 Å². The van der Waals surface area contributed by atoms with Crippen molar-refractivity contribution in [3.8, 4) is 0 Å². The van der Waals surface area contributed by atoms with Gasteiger partial charge in [0.2, 0.25) is 0 Å². The summed E-state index contributed by atoms with van der Waals surface area (Å²) in [7, 11) is 1.67. The molecule has 0 bridgehead atoms. The summed E-state index contributed by atoms with van der Waals surface area (Å²) in [4.78, 5) is 0. The summed E-state index contributed by atoms with van der Waals surface area (Å²) in [6.45, 7) is 0.00454. The van der Waals surface area contributed by atoms with E-state index in [0.717, 1.165) is 0 Å². The Morgan fingerprint density at radius 2 is 1.78 bits per heavy atom. The van der Waals surface area contributed by atoms with Crippen molar-refractivity contribution < 1.29 is 17.6 Å². The third-order valence-corrected chi connectivity index (χ3v) is 2.34. The smallest absolute Gasteiger partial charge is 0.185 e. The molecular weight excluding hydrogens is 250 g/mol. The fraction of sp³-hybridized carbons (Fsp3) is 0.182. The summed E-state index contributed by atoms with van der Waals surface area (Å²) >= 11 is 0. The largest absolute Gasteiger partial charge is 0.376 e. The number of halogens is 4. The van der Waals surface area contributed by atoms with Crippen molar-refractivity contribution in [3.05, 3.63) is 47.3 Å². The molecule has 1 N–H and O–H groups in total. The van der Waals surface area contributed by atoms with E-state index in [1.807, 2.05) is 0 Å². The quantitative estimate of drug-likeness (QED) is 0.678. The molecule has 3 nitrogen and oxygen atoms in total. The van der Waals surface area contributed by atoms with E-state index in [4.69, 9.17) is 0 Å². The number of anilines is 1. The third kappa shape index (κ3) is 2.29. The fourth-order valence-corrected chi connectivity index (χ4v) is 1.48. The Bertz CT molecular complexity index is 554. The average molecular weight is 259 g/mol. The second kappa shape index (κ2) is 4.67. The van der Waals surface area contributed by atoms with Crippen LogP contribution in [0.5, 0.6) is 0 Å². The monoisotopic (exact) mass is 259 g/mol. The zero-order valence-corrected chi connectivity index (χ0v) is 9.35. The number of rotatable bonds is 3. The molecule has 0 amide bonds. The standard InChI is InChI=1S/C11H9F4N3/c1-18-5-6(4-17-18)3-16-11-9(14)7(12)2-8(13)10(11)15/h2,4-5,16H,3H2,1H3. The highest BCUT2D eigenvalue weighted by Crippen LogP contribution is 2.24. The zero-order valence-electron chi connectivity index (χ0n) is 9.35. The highest BCUT2D eigenvalue weighted by molar-refractivity contribution is 5.47. The first-order valence-corrected chi connectivity index (χ1v) is 5.03. The van der Waals surface area contributed by atoms with Crippen LogP contribution >= 0.6 is 0 Å². The van der Waals surface area contributed by atoms with Gasteiger partial charge in [0.1, 0.15) is 5.69 Å². The predicted molar refractivity (Wildman–Crippen MR) is 56.8 cm³/mol. The summed E-state index contributed by atoms with van der Waals surface area (Å²) in [6.07, 6.45) is 3.08. The maximum atomic E-state index is 13.3. The minimum Gasteiger partial charge on any atom is -0.376 e. The van der Waals surface area contributed by atoms with Crippen molar-refractivity contribution in [2.24, 2.45) is 7.05 Å². The third-order valence-electron chi connectivity index (χ3n) is 2.34. The molecule has 7 heteroatoms. The van der Waals surface area contributed by atoms with E-state index >= 15 is 0 Å². The molecule has 1 heterocycles. The normalized spacial score (nSPS) is 10.7. The van der Waals surface area contributed by atoms with E-state index < -0.39 is 29.0 Å². The lowest BCUT2D eigenvalue weighted by molar-refractivity contribution is 0.458. The summed E-state index contributed by atoms with van der Waals surface area (Å²) in [5, 5.41) is 6.16. The molecule has 18 heavy (non-hydrogen) atoms. The van der Waals surface area contributed by atoms with Crippen molar-refractivity contribution in [2.75, 3.05) is 5.32 Å². The number of nitrogens with zero attached hydrogens (tertiary/aromatic N) is 2. The number of aryl methyl sites for hydroxylation is 1. The molecule has 0 saturated carbocycles. The molecule has 0 unspecified atom stereocenters. The van der Waals surface area contributed by atoms with Gasteiger partial charge in [0.05, 0.1) is 6.20 Å². The van der Waals surface area contributed by atoms with Crippen LogP contribution in [0.1, 0.15) is 5.56 Å². The van der Waals surface area contributed by atoms with Gasteiger partial charge in [-0.1, -0.05) is 0 Å². The molecule has 0 atom stereocenters. The van der Waals surface area contributed by atoms with Gasteiger partial charge in [0.25, 0.3) is 0 Å². The lowest BCUT2D eigenvalue weighted by Gasteiger charge is -2.08. The first-order valence-electron chi connectivity index (χ1n) is 5.03. The maximum absolute atomic E-state index is 13.3.